The lowest BCUT2D eigenvalue weighted by molar-refractivity contribution is -0.172. The second-order valence-electron chi connectivity index (χ2n) is 6.84. The fourth-order valence-electron chi connectivity index (χ4n) is 3.41. The molecule has 1 aliphatic carbocycles. The number of unbranched alkanes of at least 4 members (excludes halogenated alkanes) is 8. The van der Waals surface area contributed by atoms with Crippen LogP contribution in [-0.4, -0.2) is 25.2 Å². The third-order valence-electron chi connectivity index (χ3n) is 5.01. The Balaban J connectivity index is 2.45. The maximum atomic E-state index is 12.4. The summed E-state index contributed by atoms with van der Waals surface area (Å²) < 4.78 is 10.3. The molecule has 4 heteroatoms. The molecular formula is C21H36O4. The van der Waals surface area contributed by atoms with Gasteiger partial charge in [0, 0.05) is 0 Å². The van der Waals surface area contributed by atoms with Gasteiger partial charge < -0.3 is 9.47 Å². The largest absolute Gasteiger partial charge is 0.465 e. The maximum Gasteiger partial charge on any atom is 0.327 e. The number of carbonyl (C=O) groups excluding carboxylic acids is 2. The van der Waals surface area contributed by atoms with Crippen LogP contribution in [0.1, 0.15) is 91.4 Å². The van der Waals surface area contributed by atoms with Crippen LogP contribution in [-0.2, 0) is 19.1 Å². The van der Waals surface area contributed by atoms with Crippen molar-refractivity contribution >= 4 is 11.9 Å². The zero-order valence-electron chi connectivity index (χ0n) is 16.4. The van der Waals surface area contributed by atoms with Gasteiger partial charge in [-0.15, -0.1) is 0 Å². The fourth-order valence-corrected chi connectivity index (χ4v) is 3.41. The minimum atomic E-state index is -1.16. The molecule has 0 radical (unpaired) electrons. The van der Waals surface area contributed by atoms with Gasteiger partial charge in [-0.25, -0.2) is 0 Å². The van der Waals surface area contributed by atoms with Crippen LogP contribution in [0.3, 0.4) is 0 Å². The van der Waals surface area contributed by atoms with E-state index < -0.39 is 17.4 Å². The lowest BCUT2D eigenvalue weighted by atomic mass is 9.64. The van der Waals surface area contributed by atoms with Crippen LogP contribution in [0.15, 0.2) is 11.6 Å². The Bertz CT molecular complexity index is 421. The molecule has 25 heavy (non-hydrogen) atoms. The van der Waals surface area contributed by atoms with Crippen molar-refractivity contribution < 1.29 is 19.1 Å². The van der Waals surface area contributed by atoms with Gasteiger partial charge in [0.1, 0.15) is 0 Å². The van der Waals surface area contributed by atoms with E-state index in [0.29, 0.717) is 6.42 Å². The monoisotopic (exact) mass is 352 g/mol. The van der Waals surface area contributed by atoms with Crippen LogP contribution < -0.4 is 0 Å². The quantitative estimate of drug-likeness (QED) is 0.194. The van der Waals surface area contributed by atoms with Crippen molar-refractivity contribution in [2.45, 2.75) is 91.4 Å². The van der Waals surface area contributed by atoms with Gasteiger partial charge in [-0.2, -0.15) is 0 Å². The second-order valence-corrected chi connectivity index (χ2v) is 6.84. The highest BCUT2D eigenvalue weighted by Crippen LogP contribution is 2.48. The molecule has 0 aromatic rings. The molecule has 0 spiro atoms. The predicted molar refractivity (Wildman–Crippen MR) is 100 cm³/mol. The highest BCUT2D eigenvalue weighted by atomic mass is 16.6. The van der Waals surface area contributed by atoms with Gasteiger partial charge in [0.25, 0.3) is 0 Å². The number of esters is 2. The maximum absolute atomic E-state index is 12.4. The summed E-state index contributed by atoms with van der Waals surface area (Å²) >= 11 is 0. The summed E-state index contributed by atoms with van der Waals surface area (Å²) in [6.45, 7) is 6.33. The first-order valence-corrected chi connectivity index (χ1v) is 10.2. The van der Waals surface area contributed by atoms with E-state index in [4.69, 9.17) is 9.47 Å². The van der Waals surface area contributed by atoms with E-state index >= 15 is 0 Å². The Kier molecular flexibility index (Phi) is 10.5. The van der Waals surface area contributed by atoms with Gasteiger partial charge in [0.2, 0.25) is 0 Å². The number of allylic oxidation sites excluding steroid dienone is 1. The van der Waals surface area contributed by atoms with E-state index in [2.05, 4.69) is 13.0 Å². The average Bonchev–Trinajstić information content (AvgIpc) is 2.56. The zero-order valence-corrected chi connectivity index (χ0v) is 16.4. The van der Waals surface area contributed by atoms with E-state index in [1.165, 1.54) is 44.9 Å². The van der Waals surface area contributed by atoms with Crippen molar-refractivity contribution in [2.24, 2.45) is 5.41 Å². The minimum Gasteiger partial charge on any atom is -0.465 e. The van der Waals surface area contributed by atoms with Crippen LogP contribution in [0.4, 0.5) is 0 Å². The second kappa shape index (κ2) is 12.1. The van der Waals surface area contributed by atoms with Crippen LogP contribution in [0.25, 0.3) is 0 Å². The Morgan fingerprint density at radius 1 is 0.880 bits per heavy atom. The van der Waals surface area contributed by atoms with Gasteiger partial charge in [-0.1, -0.05) is 57.9 Å². The van der Waals surface area contributed by atoms with E-state index in [1.54, 1.807) is 13.8 Å². The molecule has 0 atom stereocenters. The molecule has 0 amide bonds. The first-order valence-electron chi connectivity index (χ1n) is 10.2. The van der Waals surface area contributed by atoms with Gasteiger partial charge in [-0.3, -0.25) is 9.59 Å². The number of carbonyl (C=O) groups is 2. The third-order valence-corrected chi connectivity index (χ3v) is 5.01. The highest BCUT2D eigenvalue weighted by molar-refractivity contribution is 6.05. The summed E-state index contributed by atoms with van der Waals surface area (Å²) in [6.07, 6.45) is 14.5. The SMILES string of the molecule is CCCCCCCCCC/C=C1/CCC1(C(=O)OCC)C(=O)OCC. The normalized spacial score (nSPS) is 17.2. The van der Waals surface area contributed by atoms with Gasteiger partial charge in [-0.05, 0) is 45.1 Å². The molecule has 1 rings (SSSR count). The topological polar surface area (TPSA) is 52.6 Å². The average molecular weight is 353 g/mol. The molecule has 0 unspecified atom stereocenters. The Morgan fingerprint density at radius 3 is 1.84 bits per heavy atom. The molecule has 0 N–H and O–H groups in total. The van der Waals surface area contributed by atoms with Crippen molar-refractivity contribution in [1.82, 2.24) is 0 Å². The number of ether oxygens (including phenoxy) is 2. The van der Waals surface area contributed by atoms with E-state index in [0.717, 1.165) is 24.8 Å². The molecule has 4 nitrogen and oxygen atoms in total. The van der Waals surface area contributed by atoms with Crippen molar-refractivity contribution in [1.29, 1.82) is 0 Å². The summed E-state index contributed by atoms with van der Waals surface area (Å²) in [5, 5.41) is 0. The predicted octanol–water partition coefficient (Wildman–Crippen LogP) is 5.35. The summed E-state index contributed by atoms with van der Waals surface area (Å²) in [5.74, 6) is -0.885. The van der Waals surface area contributed by atoms with Crippen LogP contribution >= 0.6 is 0 Å². The molecule has 1 aliphatic rings. The molecule has 0 saturated heterocycles. The first-order chi connectivity index (χ1) is 12.1. The Morgan fingerprint density at radius 2 is 1.40 bits per heavy atom. The molecule has 0 aliphatic heterocycles. The Hall–Kier alpha value is -1.32. The minimum absolute atomic E-state index is 0.283. The summed E-state index contributed by atoms with van der Waals surface area (Å²) in [6, 6.07) is 0. The van der Waals surface area contributed by atoms with Crippen LogP contribution in [0.5, 0.6) is 0 Å². The van der Waals surface area contributed by atoms with Gasteiger partial charge in [0.15, 0.2) is 5.41 Å². The molecule has 0 aromatic carbocycles. The fraction of sp³-hybridized carbons (Fsp3) is 0.810. The highest BCUT2D eigenvalue weighted by Gasteiger charge is 2.57. The van der Waals surface area contributed by atoms with E-state index in [-0.39, 0.29) is 13.2 Å². The van der Waals surface area contributed by atoms with Crippen LogP contribution in [0, 0.1) is 5.41 Å². The summed E-state index contributed by atoms with van der Waals surface area (Å²) in [4.78, 5) is 24.7. The summed E-state index contributed by atoms with van der Waals surface area (Å²) in [7, 11) is 0. The first kappa shape index (κ1) is 21.7. The lowest BCUT2D eigenvalue weighted by Gasteiger charge is -2.39. The molecule has 0 bridgehead atoms. The molecular weight excluding hydrogens is 316 g/mol. The standard InChI is InChI=1S/C21H36O4/c1-4-7-8-9-10-11-12-13-14-15-18-16-17-21(18,19(22)24-5-2)20(23)25-6-3/h15H,4-14,16-17H2,1-3H3/b18-15-. The van der Waals surface area contributed by atoms with Crippen molar-refractivity contribution in [3.63, 3.8) is 0 Å². The lowest BCUT2D eigenvalue weighted by Crippen LogP contribution is -2.49. The van der Waals surface area contributed by atoms with E-state index in [1.807, 2.05) is 0 Å². The van der Waals surface area contributed by atoms with Crippen LogP contribution in [0.2, 0.25) is 0 Å². The molecule has 0 heterocycles. The summed E-state index contributed by atoms with van der Waals surface area (Å²) in [5.41, 5.74) is -0.265. The third kappa shape index (κ3) is 6.16. The smallest absolute Gasteiger partial charge is 0.327 e. The van der Waals surface area contributed by atoms with Gasteiger partial charge >= 0.3 is 11.9 Å². The molecule has 1 saturated carbocycles. The number of hydrogen-bond donors (Lipinski definition) is 0. The van der Waals surface area contributed by atoms with Crippen molar-refractivity contribution in [3.8, 4) is 0 Å². The van der Waals surface area contributed by atoms with Crippen molar-refractivity contribution in [2.75, 3.05) is 13.2 Å². The van der Waals surface area contributed by atoms with Crippen molar-refractivity contribution in [3.05, 3.63) is 11.6 Å². The molecule has 1 fully saturated rings. The van der Waals surface area contributed by atoms with Gasteiger partial charge in [0.05, 0.1) is 13.2 Å². The van der Waals surface area contributed by atoms with E-state index in [9.17, 15) is 9.59 Å². The molecule has 144 valence electrons. The Labute approximate surface area is 153 Å². The zero-order chi connectivity index (χ0) is 18.5. The number of rotatable bonds is 13. The molecule has 0 aromatic heterocycles. The number of hydrogen-bond acceptors (Lipinski definition) is 4.